The van der Waals surface area contributed by atoms with Crippen LogP contribution in [-0.2, 0) is 9.47 Å². The first-order chi connectivity index (χ1) is 8.15. The van der Waals surface area contributed by atoms with E-state index < -0.39 is 0 Å². The van der Waals surface area contributed by atoms with Crippen LogP contribution in [0, 0.1) is 10.5 Å². The minimum atomic E-state index is -0.245. The number of ether oxygens (including phenoxy) is 2. The van der Waals surface area contributed by atoms with E-state index in [1.807, 2.05) is 6.92 Å². The Bertz CT molecular complexity index is 427. The molecule has 4 nitrogen and oxygen atoms in total. The van der Waals surface area contributed by atoms with Crippen LogP contribution < -0.4 is 4.90 Å². The fourth-order valence-corrected chi connectivity index (χ4v) is 4.03. The van der Waals surface area contributed by atoms with Crippen molar-refractivity contribution in [2.24, 2.45) is 0 Å². The van der Waals surface area contributed by atoms with Gasteiger partial charge < -0.3 is 14.4 Å². The Labute approximate surface area is 118 Å². The molecule has 0 atom stereocenters. The molecule has 0 unspecified atom stereocenters. The molecule has 1 saturated heterocycles. The fraction of sp³-hybridized carbons (Fsp3) is 0.545. The number of hydrogen-bond donors (Lipinski definition) is 0. The summed E-state index contributed by atoms with van der Waals surface area (Å²) in [4.78, 5) is 14.6. The molecule has 0 N–H and O–H groups in total. The Kier molecular flexibility index (Phi) is 4.26. The summed E-state index contributed by atoms with van der Waals surface area (Å²) in [5.41, 5.74) is 1.02. The van der Waals surface area contributed by atoms with Gasteiger partial charge in [-0.3, -0.25) is 0 Å². The molecule has 0 amide bonds. The van der Waals surface area contributed by atoms with E-state index in [9.17, 15) is 4.79 Å². The molecule has 0 saturated carbocycles. The molecule has 0 bridgehead atoms. The molecule has 17 heavy (non-hydrogen) atoms. The molecule has 1 aromatic heterocycles. The Balaban J connectivity index is 2.31. The van der Waals surface area contributed by atoms with Crippen LogP contribution in [0.25, 0.3) is 0 Å². The number of morpholine rings is 1. The zero-order valence-corrected chi connectivity index (χ0v) is 12.8. The van der Waals surface area contributed by atoms with Crippen molar-refractivity contribution in [1.29, 1.82) is 0 Å². The summed E-state index contributed by atoms with van der Waals surface area (Å²) in [5.74, 6) is -0.245. The zero-order chi connectivity index (χ0) is 12.4. The van der Waals surface area contributed by atoms with E-state index in [4.69, 9.17) is 9.47 Å². The van der Waals surface area contributed by atoms with Crippen molar-refractivity contribution >= 4 is 44.9 Å². The van der Waals surface area contributed by atoms with E-state index in [-0.39, 0.29) is 5.97 Å². The average Bonchev–Trinajstić information content (AvgIpc) is 2.67. The van der Waals surface area contributed by atoms with Gasteiger partial charge in [0, 0.05) is 13.1 Å². The summed E-state index contributed by atoms with van der Waals surface area (Å²) in [6.45, 7) is 5.24. The zero-order valence-electron chi connectivity index (χ0n) is 9.79. The summed E-state index contributed by atoms with van der Waals surface area (Å²) in [6, 6.07) is 0. The highest BCUT2D eigenvalue weighted by Gasteiger charge is 2.23. The fourth-order valence-electron chi connectivity index (χ4n) is 1.74. The molecule has 0 radical (unpaired) electrons. The number of rotatable bonds is 2. The summed E-state index contributed by atoms with van der Waals surface area (Å²) >= 11 is 3.81. The van der Waals surface area contributed by atoms with Crippen LogP contribution in [0.3, 0.4) is 0 Å². The minimum absolute atomic E-state index is 0.245. The van der Waals surface area contributed by atoms with Crippen molar-refractivity contribution in [2.75, 3.05) is 38.3 Å². The molecule has 2 rings (SSSR count). The third-order valence-corrected chi connectivity index (χ3v) is 5.74. The van der Waals surface area contributed by atoms with Crippen LogP contribution in [0.15, 0.2) is 0 Å². The monoisotopic (exact) mass is 367 g/mol. The highest BCUT2D eigenvalue weighted by molar-refractivity contribution is 14.1. The van der Waals surface area contributed by atoms with Crippen molar-refractivity contribution in [1.82, 2.24) is 0 Å². The van der Waals surface area contributed by atoms with Crippen molar-refractivity contribution < 1.29 is 14.3 Å². The summed E-state index contributed by atoms with van der Waals surface area (Å²) < 4.78 is 11.3. The number of halogens is 1. The van der Waals surface area contributed by atoms with Gasteiger partial charge >= 0.3 is 5.97 Å². The van der Waals surface area contributed by atoms with Crippen LogP contribution >= 0.6 is 33.9 Å². The van der Waals surface area contributed by atoms with Gasteiger partial charge in [-0.15, -0.1) is 11.3 Å². The molecule has 1 fully saturated rings. The van der Waals surface area contributed by atoms with Gasteiger partial charge in [0.2, 0.25) is 0 Å². The molecular formula is C11H14INO3S. The van der Waals surface area contributed by atoms with Gasteiger partial charge in [0.15, 0.2) is 0 Å². The van der Waals surface area contributed by atoms with Crippen LogP contribution in [0.1, 0.15) is 15.2 Å². The number of hydrogen-bond acceptors (Lipinski definition) is 5. The van der Waals surface area contributed by atoms with Gasteiger partial charge in [-0.05, 0) is 35.1 Å². The molecule has 1 aliphatic rings. The Hall–Kier alpha value is -0.340. The maximum Gasteiger partial charge on any atom is 0.348 e. The predicted molar refractivity (Wildman–Crippen MR) is 76.1 cm³/mol. The van der Waals surface area contributed by atoms with E-state index in [2.05, 4.69) is 27.5 Å². The second-order valence-electron chi connectivity index (χ2n) is 3.77. The average molecular weight is 367 g/mol. The standard InChI is InChI=1S/C11H14INO3S/c1-7-8(12)10(13-3-5-16-6-4-13)17-9(7)11(14)15-2/h3-6H2,1-2H3. The molecule has 94 valence electrons. The minimum Gasteiger partial charge on any atom is -0.465 e. The Morgan fingerprint density at radius 1 is 1.47 bits per heavy atom. The summed E-state index contributed by atoms with van der Waals surface area (Å²) in [7, 11) is 1.42. The van der Waals surface area contributed by atoms with Crippen LogP contribution in [-0.4, -0.2) is 39.4 Å². The molecular weight excluding hydrogens is 353 g/mol. The van der Waals surface area contributed by atoms with E-state index >= 15 is 0 Å². The van der Waals surface area contributed by atoms with Gasteiger partial charge in [-0.25, -0.2) is 4.79 Å². The smallest absolute Gasteiger partial charge is 0.348 e. The Morgan fingerprint density at radius 3 is 2.71 bits per heavy atom. The van der Waals surface area contributed by atoms with Gasteiger partial charge in [-0.1, -0.05) is 0 Å². The van der Waals surface area contributed by atoms with Crippen molar-refractivity contribution in [3.63, 3.8) is 0 Å². The topological polar surface area (TPSA) is 38.8 Å². The van der Waals surface area contributed by atoms with Crippen LogP contribution in [0.5, 0.6) is 0 Å². The van der Waals surface area contributed by atoms with Gasteiger partial charge in [0.25, 0.3) is 0 Å². The molecule has 0 aromatic carbocycles. The van der Waals surface area contributed by atoms with Crippen molar-refractivity contribution in [2.45, 2.75) is 6.92 Å². The first-order valence-corrected chi connectivity index (χ1v) is 7.24. The third-order valence-electron chi connectivity index (χ3n) is 2.73. The molecule has 0 spiro atoms. The molecule has 0 aliphatic carbocycles. The normalized spacial score (nSPS) is 16.1. The summed E-state index contributed by atoms with van der Waals surface area (Å²) in [6.07, 6.45) is 0. The van der Waals surface area contributed by atoms with Crippen molar-refractivity contribution in [3.8, 4) is 0 Å². The lowest BCUT2D eigenvalue weighted by Gasteiger charge is -2.27. The predicted octanol–water partition coefficient (Wildman–Crippen LogP) is 2.28. The van der Waals surface area contributed by atoms with Crippen LogP contribution in [0.2, 0.25) is 0 Å². The molecule has 1 aliphatic heterocycles. The van der Waals surface area contributed by atoms with E-state index in [0.29, 0.717) is 4.88 Å². The maximum absolute atomic E-state index is 11.6. The van der Waals surface area contributed by atoms with E-state index in [1.54, 1.807) is 0 Å². The number of anilines is 1. The number of carbonyl (C=O) groups excluding carboxylic acids is 1. The molecule has 6 heteroatoms. The Morgan fingerprint density at radius 2 is 2.12 bits per heavy atom. The lowest BCUT2D eigenvalue weighted by Crippen LogP contribution is -2.36. The number of carbonyl (C=O) groups is 1. The van der Waals surface area contributed by atoms with E-state index in [0.717, 1.165) is 40.4 Å². The maximum atomic E-state index is 11.6. The second-order valence-corrected chi connectivity index (χ2v) is 5.84. The lowest BCUT2D eigenvalue weighted by molar-refractivity contribution is 0.0605. The quantitative estimate of drug-likeness (QED) is 0.594. The van der Waals surface area contributed by atoms with Crippen molar-refractivity contribution in [3.05, 3.63) is 14.0 Å². The number of nitrogens with zero attached hydrogens (tertiary/aromatic N) is 1. The number of thiophene rings is 1. The highest BCUT2D eigenvalue weighted by atomic mass is 127. The summed E-state index contributed by atoms with van der Waals surface area (Å²) in [5, 5.41) is 1.16. The second kappa shape index (κ2) is 5.53. The first-order valence-electron chi connectivity index (χ1n) is 5.35. The largest absolute Gasteiger partial charge is 0.465 e. The molecule has 2 heterocycles. The molecule has 1 aromatic rings. The SMILES string of the molecule is COC(=O)c1sc(N2CCOCC2)c(I)c1C. The lowest BCUT2D eigenvalue weighted by atomic mass is 10.3. The first kappa shape index (κ1) is 13.1. The van der Waals surface area contributed by atoms with Gasteiger partial charge in [0.1, 0.15) is 9.88 Å². The number of methoxy groups -OCH3 is 1. The third kappa shape index (κ3) is 2.58. The highest BCUT2D eigenvalue weighted by Crippen LogP contribution is 2.37. The van der Waals surface area contributed by atoms with Gasteiger partial charge in [0.05, 0.1) is 23.9 Å². The number of esters is 1. The van der Waals surface area contributed by atoms with E-state index in [1.165, 1.54) is 18.4 Å². The van der Waals surface area contributed by atoms with Gasteiger partial charge in [-0.2, -0.15) is 0 Å². The van der Waals surface area contributed by atoms with Crippen LogP contribution in [0.4, 0.5) is 5.00 Å².